The molecule has 34 heavy (non-hydrogen) atoms. The molecular formula is C27H50NO6+. The second-order valence-corrected chi connectivity index (χ2v) is 9.61. The van der Waals surface area contributed by atoms with Crippen molar-refractivity contribution in [1.29, 1.82) is 0 Å². The van der Waals surface area contributed by atoms with Crippen LogP contribution in [-0.4, -0.2) is 63.9 Å². The second kappa shape index (κ2) is 21.6. The molecule has 0 saturated heterocycles. The van der Waals surface area contributed by atoms with Crippen LogP contribution in [0.3, 0.4) is 0 Å². The summed E-state index contributed by atoms with van der Waals surface area (Å²) in [7, 11) is 0. The maximum atomic E-state index is 11.0. The van der Waals surface area contributed by atoms with Gasteiger partial charge in [-0.15, -0.1) is 0 Å². The van der Waals surface area contributed by atoms with Crippen molar-refractivity contribution < 1.29 is 34.2 Å². The van der Waals surface area contributed by atoms with Gasteiger partial charge >= 0.3 is 17.9 Å². The van der Waals surface area contributed by atoms with Gasteiger partial charge in [0.25, 0.3) is 0 Å². The molecule has 0 aromatic heterocycles. The van der Waals surface area contributed by atoms with Crippen LogP contribution in [0.4, 0.5) is 0 Å². The van der Waals surface area contributed by atoms with Crippen LogP contribution in [0.15, 0.2) is 12.2 Å². The third-order valence-electron chi connectivity index (χ3n) is 6.46. The molecule has 0 heterocycles. The van der Waals surface area contributed by atoms with E-state index in [1.54, 1.807) is 0 Å². The van der Waals surface area contributed by atoms with Crippen LogP contribution >= 0.6 is 0 Å². The smallest absolute Gasteiger partial charge is 0.303 e. The van der Waals surface area contributed by atoms with Crippen LogP contribution < -0.4 is 0 Å². The fourth-order valence-electron chi connectivity index (χ4n) is 4.53. The number of hydrogen-bond donors (Lipinski definition) is 3. The zero-order valence-electron chi connectivity index (χ0n) is 21.5. The first-order valence-corrected chi connectivity index (χ1v) is 13.5. The van der Waals surface area contributed by atoms with Crippen molar-refractivity contribution >= 4 is 17.9 Å². The summed E-state index contributed by atoms with van der Waals surface area (Å²) >= 11 is 0. The lowest BCUT2D eigenvalue weighted by atomic mass is 10.1. The molecule has 0 aliphatic heterocycles. The molecule has 0 aliphatic rings. The highest BCUT2D eigenvalue weighted by Crippen LogP contribution is 2.18. The number of carboxylic acid groups (broad SMARTS) is 3. The van der Waals surface area contributed by atoms with Gasteiger partial charge in [0.1, 0.15) is 0 Å². The number of aliphatic carboxylic acids is 3. The molecule has 0 amide bonds. The number of carbonyl (C=O) groups is 3. The van der Waals surface area contributed by atoms with Gasteiger partial charge in [-0.2, -0.15) is 0 Å². The number of hydrogen-bond acceptors (Lipinski definition) is 3. The number of allylic oxidation sites excluding steroid dienone is 2. The molecule has 0 radical (unpaired) electrons. The molecule has 0 rings (SSSR count). The highest BCUT2D eigenvalue weighted by molar-refractivity contribution is 5.67. The van der Waals surface area contributed by atoms with E-state index in [-0.39, 0.29) is 19.3 Å². The number of carboxylic acids is 3. The normalized spacial score (nSPS) is 11.8. The van der Waals surface area contributed by atoms with Crippen molar-refractivity contribution in [2.24, 2.45) is 0 Å². The van der Waals surface area contributed by atoms with Crippen LogP contribution in [0, 0.1) is 0 Å². The van der Waals surface area contributed by atoms with E-state index < -0.39 is 17.9 Å². The zero-order valence-corrected chi connectivity index (χ0v) is 21.5. The lowest BCUT2D eigenvalue weighted by molar-refractivity contribution is -0.929. The summed E-state index contributed by atoms with van der Waals surface area (Å²) in [6.45, 7) is 5.07. The van der Waals surface area contributed by atoms with Crippen LogP contribution in [0.1, 0.15) is 116 Å². The second-order valence-electron chi connectivity index (χ2n) is 9.61. The molecule has 0 fully saturated rings. The minimum absolute atomic E-state index is 0.0882. The van der Waals surface area contributed by atoms with Gasteiger partial charge in [0.05, 0.1) is 45.4 Å². The Bertz CT molecular complexity index is 525. The monoisotopic (exact) mass is 484 g/mol. The summed E-state index contributed by atoms with van der Waals surface area (Å²) < 4.78 is 0.636. The topological polar surface area (TPSA) is 112 Å². The Hall–Kier alpha value is -1.89. The van der Waals surface area contributed by atoms with Crippen molar-refractivity contribution in [2.75, 3.05) is 26.2 Å². The molecule has 7 heteroatoms. The van der Waals surface area contributed by atoms with Gasteiger partial charge in [0, 0.05) is 19.3 Å². The number of rotatable bonds is 25. The molecule has 198 valence electrons. The molecule has 0 aliphatic carbocycles. The summed E-state index contributed by atoms with van der Waals surface area (Å²) in [6.07, 6.45) is 19.6. The molecule has 0 unspecified atom stereocenters. The van der Waals surface area contributed by atoms with E-state index in [1.165, 1.54) is 51.4 Å². The Morgan fingerprint density at radius 3 is 1.29 bits per heavy atom. The first-order valence-electron chi connectivity index (χ1n) is 13.5. The van der Waals surface area contributed by atoms with Crippen molar-refractivity contribution in [3.05, 3.63) is 12.2 Å². The lowest BCUT2D eigenvalue weighted by Crippen LogP contribution is -2.51. The first kappa shape index (κ1) is 32.1. The van der Waals surface area contributed by atoms with Crippen molar-refractivity contribution in [3.8, 4) is 0 Å². The minimum Gasteiger partial charge on any atom is -0.481 e. The molecule has 0 bridgehead atoms. The van der Waals surface area contributed by atoms with Gasteiger partial charge in [-0.05, 0) is 38.5 Å². The SMILES string of the molecule is CCCCC/C=C/CCCCCCCC[N+](CCCC(=O)O)(CCCC(=O)O)CCCC(=O)O. The van der Waals surface area contributed by atoms with E-state index in [2.05, 4.69) is 19.1 Å². The number of unbranched alkanes of at least 4 members (excludes halogenated alkanes) is 9. The molecule has 7 nitrogen and oxygen atoms in total. The van der Waals surface area contributed by atoms with Gasteiger partial charge in [-0.3, -0.25) is 14.4 Å². The van der Waals surface area contributed by atoms with Crippen molar-refractivity contribution in [2.45, 2.75) is 116 Å². The molecule has 0 aromatic rings. The maximum absolute atomic E-state index is 11.0. The summed E-state index contributed by atoms with van der Waals surface area (Å²) in [6, 6.07) is 0. The molecule has 3 N–H and O–H groups in total. The Labute approximate surface area is 206 Å². The summed E-state index contributed by atoms with van der Waals surface area (Å²) in [5.74, 6) is -2.49. The highest BCUT2D eigenvalue weighted by Gasteiger charge is 2.27. The van der Waals surface area contributed by atoms with E-state index >= 15 is 0 Å². The predicted molar refractivity (Wildman–Crippen MR) is 136 cm³/mol. The van der Waals surface area contributed by atoms with E-state index in [0.717, 1.165) is 25.8 Å². The van der Waals surface area contributed by atoms with Gasteiger partial charge in [0.15, 0.2) is 0 Å². The van der Waals surface area contributed by atoms with E-state index in [1.807, 2.05) is 0 Å². The van der Waals surface area contributed by atoms with Gasteiger partial charge in [-0.1, -0.05) is 51.2 Å². The quantitative estimate of drug-likeness (QED) is 0.0800. The Balaban J connectivity index is 4.48. The maximum Gasteiger partial charge on any atom is 0.303 e. The average Bonchev–Trinajstić information content (AvgIpc) is 2.76. The lowest BCUT2D eigenvalue weighted by Gasteiger charge is -2.39. The fourth-order valence-corrected chi connectivity index (χ4v) is 4.53. The summed E-state index contributed by atoms with van der Waals surface area (Å²) in [5.41, 5.74) is 0. The van der Waals surface area contributed by atoms with Crippen molar-refractivity contribution in [3.63, 3.8) is 0 Å². The number of nitrogens with zero attached hydrogens (tertiary/aromatic N) is 1. The van der Waals surface area contributed by atoms with Crippen LogP contribution in [0.25, 0.3) is 0 Å². The van der Waals surface area contributed by atoms with E-state index in [9.17, 15) is 14.4 Å². The molecule has 0 atom stereocenters. The first-order chi connectivity index (χ1) is 16.3. The molecular weight excluding hydrogens is 434 g/mol. The standard InChI is InChI=1S/C27H49NO6/c1-2-3-4-5-6-7-8-9-10-11-12-13-14-21-28(22-15-18-25(29)30,23-16-19-26(31)32)24-17-20-27(33)34/h6-7H,2-5,8-24H2,1H3,(H2-,29,30,31,32,33,34)/p+1/b7-6+. The van der Waals surface area contributed by atoms with Crippen molar-refractivity contribution in [1.82, 2.24) is 0 Å². The Kier molecular flexibility index (Phi) is 20.4. The minimum atomic E-state index is -0.829. The highest BCUT2D eigenvalue weighted by atomic mass is 16.4. The molecule has 0 saturated carbocycles. The fraction of sp³-hybridized carbons (Fsp3) is 0.815. The Morgan fingerprint density at radius 2 is 0.882 bits per heavy atom. The molecule has 0 spiro atoms. The average molecular weight is 485 g/mol. The van der Waals surface area contributed by atoms with Crippen LogP contribution in [-0.2, 0) is 14.4 Å². The van der Waals surface area contributed by atoms with Gasteiger partial charge < -0.3 is 19.8 Å². The third-order valence-corrected chi connectivity index (χ3v) is 6.46. The van der Waals surface area contributed by atoms with Gasteiger partial charge in [-0.25, -0.2) is 0 Å². The van der Waals surface area contributed by atoms with Gasteiger partial charge in [0.2, 0.25) is 0 Å². The summed E-state index contributed by atoms with van der Waals surface area (Å²) in [4.78, 5) is 33.0. The van der Waals surface area contributed by atoms with E-state index in [4.69, 9.17) is 15.3 Å². The van der Waals surface area contributed by atoms with E-state index in [0.29, 0.717) is 43.4 Å². The largest absolute Gasteiger partial charge is 0.481 e. The number of quaternary nitrogens is 1. The zero-order chi connectivity index (χ0) is 25.5. The molecule has 0 aromatic carbocycles. The van der Waals surface area contributed by atoms with Crippen LogP contribution in [0.5, 0.6) is 0 Å². The Morgan fingerprint density at radius 1 is 0.529 bits per heavy atom. The van der Waals surface area contributed by atoms with Crippen LogP contribution in [0.2, 0.25) is 0 Å². The predicted octanol–water partition coefficient (Wildman–Crippen LogP) is 6.26. The third kappa shape index (κ3) is 20.7. The summed E-state index contributed by atoms with van der Waals surface area (Å²) in [5, 5.41) is 27.1.